The predicted molar refractivity (Wildman–Crippen MR) is 74.9 cm³/mol. The van der Waals surface area contributed by atoms with Gasteiger partial charge in [-0.25, -0.2) is 4.39 Å². The van der Waals surface area contributed by atoms with Gasteiger partial charge in [0, 0.05) is 46.1 Å². The van der Waals surface area contributed by atoms with Gasteiger partial charge in [0.1, 0.15) is 5.82 Å². The third kappa shape index (κ3) is 5.14. The van der Waals surface area contributed by atoms with E-state index in [1.807, 2.05) is 0 Å². The van der Waals surface area contributed by atoms with Gasteiger partial charge in [0.2, 0.25) is 0 Å². The highest BCUT2D eigenvalue weighted by Gasteiger charge is 2.11. The smallest absolute Gasteiger partial charge is 0.123 e. The molecule has 19 heavy (non-hydrogen) atoms. The highest BCUT2D eigenvalue weighted by molar-refractivity contribution is 5.53. The van der Waals surface area contributed by atoms with Crippen molar-refractivity contribution in [2.24, 2.45) is 5.73 Å². The number of halogens is 1. The zero-order valence-corrected chi connectivity index (χ0v) is 11.7. The van der Waals surface area contributed by atoms with Crippen molar-refractivity contribution in [3.05, 3.63) is 29.6 Å². The molecule has 0 atom stereocenters. The van der Waals surface area contributed by atoms with Crippen LogP contribution >= 0.6 is 0 Å². The third-order valence-electron chi connectivity index (χ3n) is 2.94. The number of hydrogen-bond acceptors (Lipinski definition) is 4. The molecule has 0 aliphatic heterocycles. The van der Waals surface area contributed by atoms with Crippen LogP contribution in [0.1, 0.15) is 12.0 Å². The van der Waals surface area contributed by atoms with Crippen LogP contribution in [0, 0.1) is 5.82 Å². The topological polar surface area (TPSA) is 47.7 Å². The first-order valence-electron chi connectivity index (χ1n) is 6.44. The predicted octanol–water partition coefficient (Wildman–Crippen LogP) is 1.77. The second-order valence-electron chi connectivity index (χ2n) is 4.30. The third-order valence-corrected chi connectivity index (χ3v) is 2.94. The van der Waals surface area contributed by atoms with Crippen LogP contribution in [0.15, 0.2) is 18.2 Å². The van der Waals surface area contributed by atoms with E-state index in [2.05, 4.69) is 4.90 Å². The molecule has 0 aliphatic carbocycles. The minimum Gasteiger partial charge on any atom is -0.385 e. The van der Waals surface area contributed by atoms with Gasteiger partial charge in [-0.1, -0.05) is 0 Å². The van der Waals surface area contributed by atoms with Gasteiger partial charge in [0.05, 0.1) is 6.61 Å². The quantitative estimate of drug-likeness (QED) is 0.695. The molecular formula is C14H23FN2O2. The number of methoxy groups -OCH3 is 2. The van der Waals surface area contributed by atoms with Crippen LogP contribution in [0.3, 0.4) is 0 Å². The summed E-state index contributed by atoms with van der Waals surface area (Å²) < 4.78 is 23.4. The lowest BCUT2D eigenvalue weighted by Gasteiger charge is -2.26. The highest BCUT2D eigenvalue weighted by Crippen LogP contribution is 2.21. The van der Waals surface area contributed by atoms with Crippen LogP contribution in [0.5, 0.6) is 0 Å². The summed E-state index contributed by atoms with van der Waals surface area (Å²) in [7, 11) is 3.35. The van der Waals surface area contributed by atoms with E-state index in [0.717, 1.165) is 30.8 Å². The maximum atomic E-state index is 13.2. The van der Waals surface area contributed by atoms with Crippen LogP contribution in [-0.2, 0) is 16.0 Å². The lowest BCUT2D eigenvalue weighted by molar-refractivity contribution is 0.191. The first-order valence-corrected chi connectivity index (χ1v) is 6.44. The molecule has 0 aromatic heterocycles. The maximum Gasteiger partial charge on any atom is 0.123 e. The molecule has 108 valence electrons. The van der Waals surface area contributed by atoms with Crippen LogP contribution in [0.25, 0.3) is 0 Å². The normalized spacial score (nSPS) is 10.7. The van der Waals surface area contributed by atoms with E-state index in [4.69, 9.17) is 15.2 Å². The molecular weight excluding hydrogens is 247 g/mol. The zero-order valence-electron chi connectivity index (χ0n) is 11.7. The Morgan fingerprint density at radius 2 is 1.89 bits per heavy atom. The van der Waals surface area contributed by atoms with Crippen molar-refractivity contribution in [1.29, 1.82) is 0 Å². The minimum absolute atomic E-state index is 0.257. The molecule has 0 saturated heterocycles. The molecule has 5 heteroatoms. The molecule has 2 N–H and O–H groups in total. The van der Waals surface area contributed by atoms with Crippen molar-refractivity contribution in [3.8, 4) is 0 Å². The van der Waals surface area contributed by atoms with Crippen LogP contribution in [0.4, 0.5) is 10.1 Å². The second-order valence-corrected chi connectivity index (χ2v) is 4.30. The Bertz CT molecular complexity index is 374. The number of anilines is 1. The lowest BCUT2D eigenvalue weighted by atomic mass is 10.1. The summed E-state index contributed by atoms with van der Waals surface area (Å²) >= 11 is 0. The molecule has 4 nitrogen and oxygen atoms in total. The Kier molecular flexibility index (Phi) is 7.40. The van der Waals surface area contributed by atoms with E-state index in [0.29, 0.717) is 19.8 Å². The Hall–Kier alpha value is -1.17. The van der Waals surface area contributed by atoms with Crippen molar-refractivity contribution in [2.75, 3.05) is 45.4 Å². The fourth-order valence-corrected chi connectivity index (χ4v) is 1.98. The zero-order chi connectivity index (χ0) is 14.1. The van der Waals surface area contributed by atoms with Gasteiger partial charge < -0.3 is 20.1 Å². The summed E-state index contributed by atoms with van der Waals surface area (Å²) in [6, 6.07) is 4.73. The Balaban J connectivity index is 2.82. The van der Waals surface area contributed by atoms with Crippen molar-refractivity contribution in [1.82, 2.24) is 0 Å². The van der Waals surface area contributed by atoms with Gasteiger partial charge in [-0.05, 0) is 30.2 Å². The molecule has 1 aromatic carbocycles. The van der Waals surface area contributed by atoms with Crippen LogP contribution in [0.2, 0.25) is 0 Å². The number of ether oxygens (including phenoxy) is 2. The molecule has 0 unspecified atom stereocenters. The van der Waals surface area contributed by atoms with E-state index < -0.39 is 0 Å². The van der Waals surface area contributed by atoms with E-state index >= 15 is 0 Å². The SMILES string of the molecule is COCCCN(CCOC)c1ccc(F)cc1CN. The van der Waals surface area contributed by atoms with Gasteiger partial charge in [0.15, 0.2) is 0 Å². The summed E-state index contributed by atoms with van der Waals surface area (Å²) in [5, 5.41) is 0. The lowest BCUT2D eigenvalue weighted by Crippen LogP contribution is -2.30. The summed E-state index contributed by atoms with van der Waals surface area (Å²) in [4.78, 5) is 2.16. The molecule has 0 saturated carbocycles. The van der Waals surface area contributed by atoms with Crippen molar-refractivity contribution < 1.29 is 13.9 Å². The average Bonchev–Trinajstić information content (AvgIpc) is 2.43. The van der Waals surface area contributed by atoms with Crippen LogP contribution < -0.4 is 10.6 Å². The summed E-state index contributed by atoms with van der Waals surface area (Å²) in [6.45, 7) is 3.21. The monoisotopic (exact) mass is 270 g/mol. The molecule has 0 spiro atoms. The highest BCUT2D eigenvalue weighted by atomic mass is 19.1. The van der Waals surface area contributed by atoms with Crippen molar-refractivity contribution in [2.45, 2.75) is 13.0 Å². The largest absolute Gasteiger partial charge is 0.385 e. The first kappa shape index (κ1) is 15.9. The van der Waals surface area contributed by atoms with Gasteiger partial charge in [-0.15, -0.1) is 0 Å². The number of hydrogen-bond donors (Lipinski definition) is 1. The van der Waals surface area contributed by atoms with Gasteiger partial charge in [-0.3, -0.25) is 0 Å². The molecule has 0 radical (unpaired) electrons. The van der Waals surface area contributed by atoms with E-state index in [1.54, 1.807) is 20.3 Å². The molecule has 0 heterocycles. The average molecular weight is 270 g/mol. The van der Waals surface area contributed by atoms with E-state index in [1.165, 1.54) is 12.1 Å². The second kappa shape index (κ2) is 8.85. The maximum absolute atomic E-state index is 13.2. The fraction of sp³-hybridized carbons (Fsp3) is 0.571. The van der Waals surface area contributed by atoms with Gasteiger partial charge >= 0.3 is 0 Å². The fourth-order valence-electron chi connectivity index (χ4n) is 1.98. The van der Waals surface area contributed by atoms with Crippen molar-refractivity contribution in [3.63, 3.8) is 0 Å². The van der Waals surface area contributed by atoms with E-state index in [-0.39, 0.29) is 5.82 Å². The van der Waals surface area contributed by atoms with Gasteiger partial charge in [-0.2, -0.15) is 0 Å². The number of nitrogens with two attached hydrogens (primary N) is 1. The first-order chi connectivity index (χ1) is 9.22. The summed E-state index contributed by atoms with van der Waals surface area (Å²) in [6.07, 6.45) is 0.904. The molecule has 0 bridgehead atoms. The molecule has 1 rings (SSSR count). The van der Waals surface area contributed by atoms with E-state index in [9.17, 15) is 4.39 Å². The minimum atomic E-state index is -0.257. The van der Waals surface area contributed by atoms with Gasteiger partial charge in [0.25, 0.3) is 0 Å². The molecule has 1 aromatic rings. The standard InChI is InChI=1S/C14H23FN2O2/c1-18-8-3-6-17(7-9-19-2)14-5-4-13(15)10-12(14)11-16/h4-5,10H,3,6-9,11,16H2,1-2H3. The molecule has 0 aliphatic rings. The Morgan fingerprint density at radius 3 is 2.53 bits per heavy atom. The molecule has 0 fully saturated rings. The summed E-state index contributed by atoms with van der Waals surface area (Å²) in [5.41, 5.74) is 7.47. The number of nitrogens with zero attached hydrogens (tertiary/aromatic N) is 1. The van der Waals surface area contributed by atoms with Crippen molar-refractivity contribution >= 4 is 5.69 Å². The van der Waals surface area contributed by atoms with Crippen LogP contribution in [-0.4, -0.2) is 40.5 Å². The summed E-state index contributed by atoms with van der Waals surface area (Å²) in [5.74, 6) is -0.257. The Morgan fingerprint density at radius 1 is 1.16 bits per heavy atom. The number of rotatable bonds is 9. The number of benzene rings is 1. The molecule has 0 amide bonds. The Labute approximate surface area is 114 Å².